The summed E-state index contributed by atoms with van der Waals surface area (Å²) in [4.78, 5) is 21.0. The number of aromatic nitrogens is 2. The molecule has 3 rings (SSSR count). The van der Waals surface area contributed by atoms with Gasteiger partial charge in [-0.3, -0.25) is 4.79 Å². The lowest BCUT2D eigenvalue weighted by molar-refractivity contribution is 0.102. The zero-order valence-electron chi connectivity index (χ0n) is 16.9. The van der Waals surface area contributed by atoms with Crippen LogP contribution in [0.2, 0.25) is 0 Å². The van der Waals surface area contributed by atoms with Gasteiger partial charge in [0.15, 0.2) is 0 Å². The van der Waals surface area contributed by atoms with Gasteiger partial charge in [-0.05, 0) is 29.7 Å². The fourth-order valence-corrected chi connectivity index (χ4v) is 2.89. The van der Waals surface area contributed by atoms with Gasteiger partial charge in [-0.1, -0.05) is 32.0 Å². The number of nitrogens with one attached hydrogen (secondary N) is 2. The van der Waals surface area contributed by atoms with Crippen LogP contribution in [-0.4, -0.2) is 30.1 Å². The zero-order valence-corrected chi connectivity index (χ0v) is 16.9. The smallest absolute Gasteiger partial charge is 0.274 e. The van der Waals surface area contributed by atoms with Gasteiger partial charge in [0.25, 0.3) is 5.91 Å². The predicted molar refractivity (Wildman–Crippen MR) is 113 cm³/mol. The van der Waals surface area contributed by atoms with Crippen LogP contribution in [0.3, 0.4) is 0 Å². The number of methoxy groups -OCH3 is 2. The third kappa shape index (κ3) is 4.82. The van der Waals surface area contributed by atoms with Gasteiger partial charge >= 0.3 is 0 Å². The maximum atomic E-state index is 12.7. The van der Waals surface area contributed by atoms with E-state index in [1.54, 1.807) is 26.4 Å². The fraction of sp³-hybridized carbons (Fsp3) is 0.227. The molecule has 0 saturated heterocycles. The molecule has 150 valence electrons. The Bertz CT molecular complexity index is 1000. The molecule has 0 fully saturated rings. The Morgan fingerprint density at radius 1 is 0.966 bits per heavy atom. The molecular formula is C22H24N4O3. The zero-order chi connectivity index (χ0) is 20.8. The van der Waals surface area contributed by atoms with E-state index in [0.29, 0.717) is 23.0 Å². The molecule has 1 heterocycles. The van der Waals surface area contributed by atoms with Crippen LogP contribution < -0.4 is 20.1 Å². The number of carbonyl (C=O) groups excluding carboxylic acids is 1. The molecule has 0 saturated carbocycles. The summed E-state index contributed by atoms with van der Waals surface area (Å²) in [6.07, 6.45) is 1.35. The van der Waals surface area contributed by atoms with Crippen LogP contribution in [0.1, 0.15) is 35.8 Å². The monoisotopic (exact) mass is 392 g/mol. The molecule has 0 radical (unpaired) electrons. The van der Waals surface area contributed by atoms with E-state index in [0.717, 1.165) is 11.3 Å². The van der Waals surface area contributed by atoms with Crippen molar-refractivity contribution in [3.05, 3.63) is 66.1 Å². The van der Waals surface area contributed by atoms with Crippen molar-refractivity contribution in [2.75, 3.05) is 24.9 Å². The van der Waals surface area contributed by atoms with E-state index in [9.17, 15) is 4.79 Å². The Kier molecular flexibility index (Phi) is 6.29. The average molecular weight is 392 g/mol. The van der Waals surface area contributed by atoms with E-state index in [1.807, 2.05) is 36.4 Å². The topological polar surface area (TPSA) is 85.4 Å². The Balaban J connectivity index is 1.80. The minimum absolute atomic E-state index is 0.258. The molecule has 1 amide bonds. The molecule has 0 aliphatic rings. The molecule has 2 aromatic carbocycles. The van der Waals surface area contributed by atoms with Gasteiger partial charge in [-0.25, -0.2) is 9.97 Å². The van der Waals surface area contributed by atoms with E-state index in [1.165, 1.54) is 6.33 Å². The number of benzene rings is 2. The number of hydrogen-bond acceptors (Lipinski definition) is 6. The minimum atomic E-state index is -0.301. The van der Waals surface area contributed by atoms with Gasteiger partial charge in [-0.15, -0.1) is 0 Å². The lowest BCUT2D eigenvalue weighted by atomic mass is 10.0. The van der Waals surface area contributed by atoms with Crippen molar-refractivity contribution < 1.29 is 14.3 Å². The fourth-order valence-electron chi connectivity index (χ4n) is 2.89. The molecule has 1 aromatic heterocycles. The number of para-hydroxylation sites is 1. The lowest BCUT2D eigenvalue weighted by Gasteiger charge is -2.14. The van der Waals surface area contributed by atoms with Crippen molar-refractivity contribution in [3.63, 3.8) is 0 Å². The SMILES string of the molecule is COc1ccc(Nc2cc(C(=O)Nc3ccccc3C(C)C)ncn2)c(OC)c1. The standard InChI is InChI=1S/C22H24N4O3/c1-14(2)16-7-5-6-8-17(16)26-22(27)19-12-21(24-13-23-19)25-18-10-9-15(28-3)11-20(18)29-4/h5-14H,1-4H3,(H,26,27)(H,23,24,25). The van der Waals surface area contributed by atoms with Crippen LogP contribution in [0.5, 0.6) is 11.5 Å². The van der Waals surface area contributed by atoms with Crippen molar-refractivity contribution >= 4 is 23.1 Å². The van der Waals surface area contributed by atoms with Crippen LogP contribution in [0.4, 0.5) is 17.2 Å². The van der Waals surface area contributed by atoms with Crippen LogP contribution >= 0.6 is 0 Å². The Hall–Kier alpha value is -3.61. The molecule has 3 aromatic rings. The van der Waals surface area contributed by atoms with Crippen molar-refractivity contribution in [2.45, 2.75) is 19.8 Å². The van der Waals surface area contributed by atoms with Crippen LogP contribution in [-0.2, 0) is 0 Å². The summed E-state index contributed by atoms with van der Waals surface area (Å²) in [5.41, 5.74) is 2.80. The van der Waals surface area contributed by atoms with Crippen molar-refractivity contribution in [1.82, 2.24) is 9.97 Å². The third-order valence-electron chi connectivity index (χ3n) is 4.40. The predicted octanol–water partition coefficient (Wildman–Crippen LogP) is 4.61. The molecule has 0 atom stereocenters. The van der Waals surface area contributed by atoms with Crippen molar-refractivity contribution in [1.29, 1.82) is 0 Å². The van der Waals surface area contributed by atoms with E-state index < -0.39 is 0 Å². The van der Waals surface area contributed by atoms with Gasteiger partial charge in [0.1, 0.15) is 29.3 Å². The number of nitrogens with zero attached hydrogens (tertiary/aromatic N) is 2. The first-order chi connectivity index (χ1) is 14.0. The highest BCUT2D eigenvalue weighted by Gasteiger charge is 2.14. The molecule has 0 aliphatic heterocycles. The maximum absolute atomic E-state index is 12.7. The summed E-state index contributed by atoms with van der Waals surface area (Å²) in [5, 5.41) is 6.09. The number of amides is 1. The summed E-state index contributed by atoms with van der Waals surface area (Å²) in [6.45, 7) is 4.17. The number of ether oxygens (including phenoxy) is 2. The minimum Gasteiger partial charge on any atom is -0.497 e. The summed E-state index contributed by atoms with van der Waals surface area (Å²) in [7, 11) is 3.17. The second kappa shape index (κ2) is 9.05. The van der Waals surface area contributed by atoms with Crippen LogP contribution in [0.25, 0.3) is 0 Å². The van der Waals surface area contributed by atoms with Gasteiger partial charge in [0, 0.05) is 17.8 Å². The highest BCUT2D eigenvalue weighted by Crippen LogP contribution is 2.31. The number of hydrogen-bond donors (Lipinski definition) is 2. The van der Waals surface area contributed by atoms with Gasteiger partial charge in [0.2, 0.25) is 0 Å². The summed E-state index contributed by atoms with van der Waals surface area (Å²) < 4.78 is 10.6. The number of carbonyl (C=O) groups is 1. The Morgan fingerprint density at radius 2 is 1.76 bits per heavy atom. The van der Waals surface area contributed by atoms with E-state index in [-0.39, 0.29) is 17.5 Å². The highest BCUT2D eigenvalue weighted by atomic mass is 16.5. The molecule has 0 unspecified atom stereocenters. The molecule has 0 spiro atoms. The van der Waals surface area contributed by atoms with Crippen LogP contribution in [0.15, 0.2) is 54.9 Å². The summed E-state index contributed by atoms with van der Waals surface area (Å²) in [6, 6.07) is 14.7. The lowest BCUT2D eigenvalue weighted by Crippen LogP contribution is -2.15. The molecule has 29 heavy (non-hydrogen) atoms. The second-order valence-corrected chi connectivity index (χ2v) is 6.68. The molecular weight excluding hydrogens is 368 g/mol. The quantitative estimate of drug-likeness (QED) is 0.611. The average Bonchev–Trinajstić information content (AvgIpc) is 2.74. The maximum Gasteiger partial charge on any atom is 0.274 e. The Morgan fingerprint density at radius 3 is 2.48 bits per heavy atom. The van der Waals surface area contributed by atoms with E-state index in [2.05, 4.69) is 34.4 Å². The Labute approximate surface area is 170 Å². The largest absolute Gasteiger partial charge is 0.497 e. The first kappa shape index (κ1) is 20.1. The molecule has 0 bridgehead atoms. The molecule has 7 nitrogen and oxygen atoms in total. The van der Waals surface area contributed by atoms with Crippen molar-refractivity contribution in [3.8, 4) is 11.5 Å². The van der Waals surface area contributed by atoms with Gasteiger partial charge < -0.3 is 20.1 Å². The first-order valence-corrected chi connectivity index (χ1v) is 9.23. The highest BCUT2D eigenvalue weighted by molar-refractivity contribution is 6.03. The molecule has 0 aliphatic carbocycles. The van der Waals surface area contributed by atoms with Crippen molar-refractivity contribution in [2.24, 2.45) is 0 Å². The van der Waals surface area contributed by atoms with Gasteiger partial charge in [-0.2, -0.15) is 0 Å². The van der Waals surface area contributed by atoms with Gasteiger partial charge in [0.05, 0.1) is 19.9 Å². The first-order valence-electron chi connectivity index (χ1n) is 9.23. The number of rotatable bonds is 7. The van der Waals surface area contributed by atoms with Crippen LogP contribution in [0, 0.1) is 0 Å². The van der Waals surface area contributed by atoms with E-state index in [4.69, 9.17) is 9.47 Å². The number of anilines is 3. The normalized spacial score (nSPS) is 10.5. The van der Waals surface area contributed by atoms with E-state index >= 15 is 0 Å². The molecule has 7 heteroatoms. The second-order valence-electron chi connectivity index (χ2n) is 6.68. The summed E-state index contributed by atoms with van der Waals surface area (Å²) in [5.74, 6) is 1.74. The molecule has 2 N–H and O–H groups in total. The summed E-state index contributed by atoms with van der Waals surface area (Å²) >= 11 is 0. The third-order valence-corrected chi connectivity index (χ3v) is 4.40.